The number of carbonyl (C=O) groups excluding carboxylic acids is 2. The first-order valence-corrected chi connectivity index (χ1v) is 4.69. The van der Waals surface area contributed by atoms with Gasteiger partial charge in [-0.25, -0.2) is 4.79 Å². The van der Waals surface area contributed by atoms with Crippen molar-refractivity contribution in [2.75, 3.05) is 7.11 Å². The van der Waals surface area contributed by atoms with Crippen molar-refractivity contribution in [2.45, 2.75) is 39.7 Å². The van der Waals surface area contributed by atoms with Crippen molar-refractivity contribution in [3.63, 3.8) is 0 Å². The maximum absolute atomic E-state index is 11.4. The van der Waals surface area contributed by atoms with Crippen molar-refractivity contribution in [2.24, 2.45) is 5.92 Å². The molecule has 14 heavy (non-hydrogen) atoms. The minimum atomic E-state index is -0.944. The zero-order valence-electron chi connectivity index (χ0n) is 9.51. The van der Waals surface area contributed by atoms with Crippen LogP contribution in [0.3, 0.4) is 0 Å². The zero-order valence-corrected chi connectivity index (χ0v) is 9.51. The summed E-state index contributed by atoms with van der Waals surface area (Å²) >= 11 is 0. The molecule has 0 saturated heterocycles. The van der Waals surface area contributed by atoms with Crippen LogP contribution < -0.4 is 5.32 Å². The lowest BCUT2D eigenvalue weighted by molar-refractivity contribution is -0.149. The number of hydrogen-bond donors (Lipinski definition) is 1. The number of amides is 1. The molecule has 4 heteroatoms. The first-order chi connectivity index (χ1) is 6.29. The van der Waals surface area contributed by atoms with Gasteiger partial charge in [0.25, 0.3) is 0 Å². The number of hydrogen-bond acceptors (Lipinski definition) is 3. The summed E-state index contributed by atoms with van der Waals surface area (Å²) in [6.45, 7) is 7.14. The van der Waals surface area contributed by atoms with E-state index in [4.69, 9.17) is 0 Å². The van der Waals surface area contributed by atoms with E-state index in [-0.39, 0.29) is 11.8 Å². The van der Waals surface area contributed by atoms with Crippen molar-refractivity contribution in [3.05, 3.63) is 0 Å². The highest BCUT2D eigenvalue weighted by Crippen LogP contribution is 2.07. The summed E-state index contributed by atoms with van der Waals surface area (Å²) in [6.07, 6.45) is 0.417. The molecular formula is C10H19NO3. The average molecular weight is 201 g/mol. The monoisotopic (exact) mass is 201 g/mol. The van der Waals surface area contributed by atoms with Gasteiger partial charge in [-0.15, -0.1) is 0 Å². The van der Waals surface area contributed by atoms with Crippen LogP contribution >= 0.6 is 0 Å². The molecule has 4 nitrogen and oxygen atoms in total. The standard InChI is InChI=1S/C10H19NO3/c1-7(2)6-8(12)11-10(3,4)9(13)14-5/h7H,6H2,1-5H3,(H,11,12). The van der Waals surface area contributed by atoms with Gasteiger partial charge in [0.05, 0.1) is 7.11 Å². The molecule has 0 fully saturated rings. The van der Waals surface area contributed by atoms with Gasteiger partial charge in [0.2, 0.25) is 5.91 Å². The van der Waals surface area contributed by atoms with E-state index in [0.29, 0.717) is 6.42 Å². The van der Waals surface area contributed by atoms with Crippen LogP contribution in [-0.4, -0.2) is 24.5 Å². The molecule has 0 saturated carbocycles. The molecule has 0 aliphatic heterocycles. The van der Waals surface area contributed by atoms with E-state index in [9.17, 15) is 9.59 Å². The molecule has 0 bridgehead atoms. The SMILES string of the molecule is COC(=O)C(C)(C)NC(=O)CC(C)C. The first kappa shape index (κ1) is 12.9. The van der Waals surface area contributed by atoms with Crippen molar-refractivity contribution in [1.29, 1.82) is 0 Å². The average Bonchev–Trinajstić information content (AvgIpc) is 1.99. The van der Waals surface area contributed by atoms with Gasteiger partial charge in [-0.2, -0.15) is 0 Å². The second-order valence-electron chi connectivity index (χ2n) is 4.26. The van der Waals surface area contributed by atoms with Crippen LogP contribution in [-0.2, 0) is 14.3 Å². The lowest BCUT2D eigenvalue weighted by Gasteiger charge is -2.23. The molecule has 0 heterocycles. The van der Waals surface area contributed by atoms with Crippen LogP contribution in [0.4, 0.5) is 0 Å². The molecule has 0 unspecified atom stereocenters. The van der Waals surface area contributed by atoms with E-state index < -0.39 is 11.5 Å². The fourth-order valence-electron chi connectivity index (χ4n) is 1.08. The topological polar surface area (TPSA) is 55.4 Å². The predicted molar refractivity (Wildman–Crippen MR) is 53.7 cm³/mol. The normalized spacial score (nSPS) is 11.3. The Bertz CT molecular complexity index is 221. The first-order valence-electron chi connectivity index (χ1n) is 4.69. The lowest BCUT2D eigenvalue weighted by atomic mass is 10.0. The van der Waals surface area contributed by atoms with E-state index >= 15 is 0 Å². The molecule has 0 aliphatic rings. The summed E-state index contributed by atoms with van der Waals surface area (Å²) in [7, 11) is 1.30. The van der Waals surface area contributed by atoms with Crippen LogP contribution in [0, 0.1) is 5.92 Å². The smallest absolute Gasteiger partial charge is 0.330 e. The summed E-state index contributed by atoms with van der Waals surface area (Å²) in [4.78, 5) is 22.6. The van der Waals surface area contributed by atoms with E-state index in [1.807, 2.05) is 13.8 Å². The van der Waals surface area contributed by atoms with E-state index in [0.717, 1.165) is 0 Å². The third-order valence-corrected chi connectivity index (χ3v) is 1.74. The largest absolute Gasteiger partial charge is 0.467 e. The third kappa shape index (κ3) is 4.25. The highest BCUT2D eigenvalue weighted by molar-refractivity contribution is 5.87. The van der Waals surface area contributed by atoms with Gasteiger partial charge in [0.1, 0.15) is 5.54 Å². The summed E-state index contributed by atoms with van der Waals surface area (Å²) < 4.78 is 4.57. The minimum absolute atomic E-state index is 0.129. The Labute approximate surface area is 85.0 Å². The van der Waals surface area contributed by atoms with Crippen molar-refractivity contribution >= 4 is 11.9 Å². The number of nitrogens with one attached hydrogen (secondary N) is 1. The van der Waals surface area contributed by atoms with Crippen LogP contribution in [0.25, 0.3) is 0 Å². The fraction of sp³-hybridized carbons (Fsp3) is 0.800. The molecule has 0 aromatic rings. The molecule has 0 aliphatic carbocycles. The van der Waals surface area contributed by atoms with Gasteiger partial charge in [0, 0.05) is 6.42 Å². The molecule has 0 radical (unpaired) electrons. The lowest BCUT2D eigenvalue weighted by Crippen LogP contribution is -2.50. The van der Waals surface area contributed by atoms with Gasteiger partial charge >= 0.3 is 5.97 Å². The second-order valence-corrected chi connectivity index (χ2v) is 4.26. The Morgan fingerprint density at radius 1 is 1.36 bits per heavy atom. The van der Waals surface area contributed by atoms with Gasteiger partial charge in [-0.3, -0.25) is 4.79 Å². The van der Waals surface area contributed by atoms with Crippen LogP contribution in [0.15, 0.2) is 0 Å². The molecule has 0 atom stereocenters. The highest BCUT2D eigenvalue weighted by Gasteiger charge is 2.30. The number of carbonyl (C=O) groups is 2. The Balaban J connectivity index is 4.22. The minimum Gasteiger partial charge on any atom is -0.467 e. The van der Waals surface area contributed by atoms with Crippen molar-refractivity contribution in [1.82, 2.24) is 5.32 Å². The Morgan fingerprint density at radius 2 is 1.86 bits per heavy atom. The summed E-state index contributed by atoms with van der Waals surface area (Å²) in [6, 6.07) is 0. The number of methoxy groups -OCH3 is 1. The maximum Gasteiger partial charge on any atom is 0.330 e. The molecule has 0 rings (SSSR count). The molecular weight excluding hydrogens is 182 g/mol. The third-order valence-electron chi connectivity index (χ3n) is 1.74. The van der Waals surface area contributed by atoms with Crippen molar-refractivity contribution in [3.8, 4) is 0 Å². The number of esters is 1. The summed E-state index contributed by atoms with van der Waals surface area (Å²) in [5.41, 5.74) is -0.944. The van der Waals surface area contributed by atoms with Crippen LogP contribution in [0.5, 0.6) is 0 Å². The second kappa shape index (κ2) is 4.98. The molecule has 1 amide bonds. The molecule has 82 valence electrons. The Morgan fingerprint density at radius 3 is 2.21 bits per heavy atom. The van der Waals surface area contributed by atoms with E-state index in [1.165, 1.54) is 7.11 Å². The maximum atomic E-state index is 11.4. The number of ether oxygens (including phenoxy) is 1. The van der Waals surface area contributed by atoms with Crippen molar-refractivity contribution < 1.29 is 14.3 Å². The van der Waals surface area contributed by atoms with Gasteiger partial charge < -0.3 is 10.1 Å². The summed E-state index contributed by atoms with van der Waals surface area (Å²) in [5, 5.41) is 2.62. The van der Waals surface area contributed by atoms with Gasteiger partial charge in [-0.1, -0.05) is 13.8 Å². The zero-order chi connectivity index (χ0) is 11.4. The molecule has 0 spiro atoms. The molecule has 0 aromatic heterocycles. The number of rotatable bonds is 4. The highest BCUT2D eigenvalue weighted by atomic mass is 16.5. The van der Waals surface area contributed by atoms with Gasteiger partial charge in [0.15, 0.2) is 0 Å². The van der Waals surface area contributed by atoms with Crippen LogP contribution in [0.2, 0.25) is 0 Å². The van der Waals surface area contributed by atoms with Gasteiger partial charge in [-0.05, 0) is 19.8 Å². The van der Waals surface area contributed by atoms with E-state index in [2.05, 4.69) is 10.1 Å². The van der Waals surface area contributed by atoms with Crippen LogP contribution in [0.1, 0.15) is 34.1 Å². The quantitative estimate of drug-likeness (QED) is 0.693. The predicted octanol–water partition coefficient (Wildman–Crippen LogP) is 1.10. The molecule has 0 aromatic carbocycles. The Kier molecular flexibility index (Phi) is 4.60. The summed E-state index contributed by atoms with van der Waals surface area (Å²) in [5.74, 6) is -0.284. The van der Waals surface area contributed by atoms with E-state index in [1.54, 1.807) is 13.8 Å². The molecule has 1 N–H and O–H groups in total. The fourth-order valence-corrected chi connectivity index (χ4v) is 1.08. The Hall–Kier alpha value is -1.06.